The van der Waals surface area contributed by atoms with Crippen molar-refractivity contribution in [2.24, 2.45) is 11.7 Å². The van der Waals surface area contributed by atoms with Crippen molar-refractivity contribution in [2.75, 3.05) is 11.5 Å². The van der Waals surface area contributed by atoms with Gasteiger partial charge in [-0.25, -0.2) is 17.2 Å². The molecule has 0 aromatic heterocycles. The average molecular weight is 296 g/mol. The molecule has 1 aromatic rings. The maximum absolute atomic E-state index is 13.2. The lowest BCUT2D eigenvalue weighted by Gasteiger charge is -2.19. The van der Waals surface area contributed by atoms with Gasteiger partial charge in [0.05, 0.1) is 11.5 Å². The quantitative estimate of drug-likeness (QED) is 0.850. The van der Waals surface area contributed by atoms with E-state index in [9.17, 15) is 17.2 Å². The molecule has 0 radical (unpaired) electrons. The molecule has 0 saturated carbocycles. The van der Waals surface area contributed by atoms with E-state index in [1.807, 2.05) is 0 Å². The Labute approximate surface area is 109 Å². The molecule has 2 N–H and O–H groups in total. The molecule has 1 heterocycles. The molecule has 0 spiro atoms. The molecule has 1 aliphatic heterocycles. The average Bonchev–Trinajstić information content (AvgIpc) is 2.63. The van der Waals surface area contributed by atoms with Crippen LogP contribution in [0, 0.1) is 17.6 Å². The number of sulfone groups is 1. The van der Waals surface area contributed by atoms with Gasteiger partial charge >= 0.3 is 0 Å². The van der Waals surface area contributed by atoms with Crippen LogP contribution < -0.4 is 5.73 Å². The Balaban J connectivity index is 2.30. The van der Waals surface area contributed by atoms with Gasteiger partial charge in [0.1, 0.15) is 0 Å². The number of rotatable bonds is 2. The van der Waals surface area contributed by atoms with Gasteiger partial charge in [0.25, 0.3) is 0 Å². The van der Waals surface area contributed by atoms with Crippen molar-refractivity contribution in [3.63, 3.8) is 0 Å². The molecule has 0 amide bonds. The maximum atomic E-state index is 13.2. The second-order valence-corrected chi connectivity index (χ2v) is 7.11. The van der Waals surface area contributed by atoms with E-state index in [0.29, 0.717) is 6.42 Å². The van der Waals surface area contributed by atoms with Crippen LogP contribution >= 0.6 is 11.6 Å². The first-order chi connectivity index (χ1) is 8.30. The van der Waals surface area contributed by atoms with Crippen LogP contribution in [0.2, 0.25) is 5.02 Å². The van der Waals surface area contributed by atoms with Crippen molar-refractivity contribution in [3.05, 3.63) is 34.4 Å². The van der Waals surface area contributed by atoms with Crippen molar-refractivity contribution in [1.82, 2.24) is 0 Å². The Hall–Kier alpha value is -0.720. The molecule has 3 nitrogen and oxygen atoms in total. The van der Waals surface area contributed by atoms with Gasteiger partial charge < -0.3 is 5.73 Å². The van der Waals surface area contributed by atoms with E-state index in [1.54, 1.807) is 0 Å². The van der Waals surface area contributed by atoms with Gasteiger partial charge in [0, 0.05) is 11.1 Å². The molecule has 18 heavy (non-hydrogen) atoms. The van der Waals surface area contributed by atoms with Crippen molar-refractivity contribution >= 4 is 21.4 Å². The molecular formula is C11H12ClF2NO2S. The summed E-state index contributed by atoms with van der Waals surface area (Å²) in [6.07, 6.45) is 0.416. The Kier molecular flexibility index (Phi) is 3.62. The van der Waals surface area contributed by atoms with Gasteiger partial charge in [-0.05, 0) is 30.0 Å². The molecule has 2 unspecified atom stereocenters. The molecule has 7 heteroatoms. The van der Waals surface area contributed by atoms with Gasteiger partial charge in [0.2, 0.25) is 0 Å². The SMILES string of the molecule is NC(c1cc(F)c(F)cc1Cl)C1CCS(=O)(=O)C1. The van der Waals surface area contributed by atoms with E-state index in [2.05, 4.69) is 0 Å². The Morgan fingerprint density at radius 2 is 1.94 bits per heavy atom. The standard InChI is InChI=1S/C11H12ClF2NO2S/c12-8-4-10(14)9(13)3-7(8)11(15)6-1-2-18(16,17)5-6/h3-4,6,11H,1-2,5,15H2. The first-order valence-electron chi connectivity index (χ1n) is 5.40. The van der Waals surface area contributed by atoms with Crippen LogP contribution in [0.1, 0.15) is 18.0 Å². The number of hydrogen-bond donors (Lipinski definition) is 1. The number of halogens is 3. The molecular weight excluding hydrogens is 284 g/mol. The third-order valence-corrected chi connectivity index (χ3v) is 5.30. The monoisotopic (exact) mass is 295 g/mol. The molecule has 100 valence electrons. The number of hydrogen-bond acceptors (Lipinski definition) is 3. The minimum Gasteiger partial charge on any atom is -0.324 e. The van der Waals surface area contributed by atoms with Gasteiger partial charge in [-0.1, -0.05) is 11.6 Å². The van der Waals surface area contributed by atoms with Crippen LogP contribution in [0.5, 0.6) is 0 Å². The number of benzene rings is 1. The molecule has 1 fully saturated rings. The predicted molar refractivity (Wildman–Crippen MR) is 65.1 cm³/mol. The minimum atomic E-state index is -3.07. The lowest BCUT2D eigenvalue weighted by Crippen LogP contribution is -2.23. The smallest absolute Gasteiger partial charge is 0.160 e. The van der Waals surface area contributed by atoms with Crippen LogP contribution in [-0.4, -0.2) is 19.9 Å². The zero-order chi connectivity index (χ0) is 13.5. The fourth-order valence-corrected chi connectivity index (χ4v) is 4.29. The van der Waals surface area contributed by atoms with Gasteiger partial charge in [-0.2, -0.15) is 0 Å². The summed E-state index contributed by atoms with van der Waals surface area (Å²) >= 11 is 5.81. The van der Waals surface area contributed by atoms with Crippen LogP contribution in [-0.2, 0) is 9.84 Å². The predicted octanol–water partition coefficient (Wildman–Crippen LogP) is 2.05. The van der Waals surface area contributed by atoms with Crippen molar-refractivity contribution in [1.29, 1.82) is 0 Å². The number of nitrogens with two attached hydrogens (primary N) is 1. The zero-order valence-corrected chi connectivity index (χ0v) is 10.9. The van der Waals surface area contributed by atoms with Gasteiger partial charge in [-0.3, -0.25) is 0 Å². The lowest BCUT2D eigenvalue weighted by atomic mass is 9.93. The topological polar surface area (TPSA) is 60.2 Å². The minimum absolute atomic E-state index is 0.0192. The first-order valence-corrected chi connectivity index (χ1v) is 7.60. The summed E-state index contributed by atoms with van der Waals surface area (Å²) in [5.74, 6) is -2.35. The highest BCUT2D eigenvalue weighted by Crippen LogP contribution is 2.34. The zero-order valence-electron chi connectivity index (χ0n) is 9.37. The van der Waals surface area contributed by atoms with Crippen molar-refractivity contribution in [3.8, 4) is 0 Å². The highest BCUT2D eigenvalue weighted by molar-refractivity contribution is 7.91. The molecule has 0 bridgehead atoms. The highest BCUT2D eigenvalue weighted by Gasteiger charge is 2.33. The molecule has 0 aliphatic carbocycles. The highest BCUT2D eigenvalue weighted by atomic mass is 35.5. The van der Waals surface area contributed by atoms with E-state index < -0.39 is 27.5 Å². The molecule has 1 aliphatic rings. The summed E-state index contributed by atoms with van der Waals surface area (Å²) in [7, 11) is -3.07. The summed E-state index contributed by atoms with van der Waals surface area (Å²) < 4.78 is 48.8. The third-order valence-electron chi connectivity index (χ3n) is 3.17. The lowest BCUT2D eigenvalue weighted by molar-refractivity contribution is 0.468. The van der Waals surface area contributed by atoms with Crippen LogP contribution in [0.25, 0.3) is 0 Å². The third kappa shape index (κ3) is 2.65. The van der Waals surface area contributed by atoms with Crippen molar-refractivity contribution < 1.29 is 17.2 Å². The van der Waals surface area contributed by atoms with Gasteiger partial charge in [0.15, 0.2) is 21.5 Å². The summed E-state index contributed by atoms with van der Waals surface area (Å²) in [6.45, 7) is 0. The van der Waals surface area contributed by atoms with E-state index >= 15 is 0 Å². The largest absolute Gasteiger partial charge is 0.324 e. The molecule has 1 saturated heterocycles. The maximum Gasteiger partial charge on any atom is 0.160 e. The fraction of sp³-hybridized carbons (Fsp3) is 0.455. The summed E-state index contributed by atoms with van der Waals surface area (Å²) in [4.78, 5) is 0. The second kappa shape index (κ2) is 4.75. The van der Waals surface area contributed by atoms with Gasteiger partial charge in [-0.15, -0.1) is 0 Å². The van der Waals surface area contributed by atoms with E-state index in [4.69, 9.17) is 17.3 Å². The summed E-state index contributed by atoms with van der Waals surface area (Å²) in [5.41, 5.74) is 6.15. The Bertz CT molecular complexity index is 577. The van der Waals surface area contributed by atoms with E-state index in [0.717, 1.165) is 12.1 Å². The van der Waals surface area contributed by atoms with E-state index in [-0.39, 0.29) is 28.0 Å². The normalized spacial score (nSPS) is 24.1. The first kappa shape index (κ1) is 13.7. The molecule has 2 rings (SSSR count). The summed E-state index contributed by atoms with van der Waals surface area (Å²) in [5, 5.41) is 0.0192. The Morgan fingerprint density at radius 1 is 1.33 bits per heavy atom. The van der Waals surface area contributed by atoms with Crippen molar-refractivity contribution in [2.45, 2.75) is 12.5 Å². The van der Waals surface area contributed by atoms with Crippen LogP contribution in [0.15, 0.2) is 12.1 Å². The van der Waals surface area contributed by atoms with Crippen LogP contribution in [0.4, 0.5) is 8.78 Å². The van der Waals surface area contributed by atoms with E-state index in [1.165, 1.54) is 0 Å². The second-order valence-electron chi connectivity index (χ2n) is 4.48. The Morgan fingerprint density at radius 3 is 2.50 bits per heavy atom. The molecule has 1 aromatic carbocycles. The van der Waals surface area contributed by atoms with Crippen LogP contribution in [0.3, 0.4) is 0 Å². The fourth-order valence-electron chi connectivity index (χ4n) is 2.15. The molecule has 2 atom stereocenters. The summed E-state index contributed by atoms with van der Waals surface area (Å²) in [6, 6.07) is 1.09.